The Balaban J connectivity index is 2.64. The predicted molar refractivity (Wildman–Crippen MR) is 60.1 cm³/mol. The van der Waals surface area contributed by atoms with E-state index in [1.807, 2.05) is 30.3 Å². The lowest BCUT2D eigenvalue weighted by Crippen LogP contribution is -2.24. The van der Waals surface area contributed by atoms with Crippen molar-refractivity contribution in [3.05, 3.63) is 43.0 Å². The zero-order valence-corrected chi connectivity index (χ0v) is 8.67. The molecule has 0 aliphatic carbocycles. The first-order valence-electron chi connectivity index (χ1n) is 4.36. The Bertz CT molecular complexity index is 310. The molecule has 74 valence electrons. The van der Waals surface area contributed by atoms with Gasteiger partial charge in [-0.3, -0.25) is 4.79 Å². The van der Waals surface area contributed by atoms with Crippen molar-refractivity contribution in [2.45, 2.75) is 16.6 Å². The van der Waals surface area contributed by atoms with E-state index < -0.39 is 0 Å². The van der Waals surface area contributed by atoms with Gasteiger partial charge in [0.2, 0.25) is 5.91 Å². The van der Waals surface area contributed by atoms with Crippen LogP contribution >= 0.6 is 11.8 Å². The second-order valence-electron chi connectivity index (χ2n) is 2.85. The highest BCUT2D eigenvalue weighted by Crippen LogP contribution is 2.24. The molecule has 0 aliphatic heterocycles. The third kappa shape index (κ3) is 3.26. The van der Waals surface area contributed by atoms with Gasteiger partial charge in [0.1, 0.15) is 0 Å². The Labute approximate surface area is 88.2 Å². The summed E-state index contributed by atoms with van der Waals surface area (Å²) in [6.45, 7) is 3.60. The zero-order chi connectivity index (χ0) is 10.4. The number of carbonyl (C=O) groups excluding carboxylic acids is 1. The van der Waals surface area contributed by atoms with Gasteiger partial charge in [-0.2, -0.15) is 0 Å². The molecule has 1 aromatic rings. The molecule has 2 N–H and O–H groups in total. The van der Waals surface area contributed by atoms with Gasteiger partial charge in [-0.25, -0.2) is 0 Å². The molecule has 0 bridgehead atoms. The summed E-state index contributed by atoms with van der Waals surface area (Å²) in [6.07, 6.45) is 2.32. The molecule has 1 amide bonds. The molecule has 0 aliphatic rings. The van der Waals surface area contributed by atoms with Crippen LogP contribution in [-0.2, 0) is 4.79 Å². The number of hydrogen-bond donors (Lipinski definition) is 1. The van der Waals surface area contributed by atoms with Crippen LogP contribution in [-0.4, -0.2) is 11.2 Å². The van der Waals surface area contributed by atoms with Crippen LogP contribution in [0.5, 0.6) is 0 Å². The van der Waals surface area contributed by atoms with Crippen molar-refractivity contribution in [1.82, 2.24) is 0 Å². The maximum atomic E-state index is 11.0. The number of amides is 1. The monoisotopic (exact) mass is 207 g/mol. The molecule has 0 aromatic heterocycles. The van der Waals surface area contributed by atoms with Crippen LogP contribution in [0.4, 0.5) is 0 Å². The molecule has 0 spiro atoms. The second-order valence-corrected chi connectivity index (χ2v) is 4.12. The fourth-order valence-electron chi connectivity index (χ4n) is 1.04. The number of nitrogens with two attached hydrogens (primary N) is 1. The van der Waals surface area contributed by atoms with E-state index in [1.165, 1.54) is 11.8 Å². The molecule has 0 saturated heterocycles. The number of allylic oxidation sites excluding steroid dienone is 1. The molecule has 0 saturated carbocycles. The first kappa shape index (κ1) is 10.9. The van der Waals surface area contributed by atoms with Crippen molar-refractivity contribution < 1.29 is 4.79 Å². The maximum absolute atomic E-state index is 11.0. The van der Waals surface area contributed by atoms with Gasteiger partial charge in [0.05, 0.1) is 5.25 Å². The summed E-state index contributed by atoms with van der Waals surface area (Å²) in [4.78, 5) is 12.1. The molecule has 0 heterocycles. The Morgan fingerprint density at radius 3 is 2.64 bits per heavy atom. The molecule has 14 heavy (non-hydrogen) atoms. The summed E-state index contributed by atoms with van der Waals surface area (Å²) >= 11 is 1.48. The number of rotatable bonds is 5. The van der Waals surface area contributed by atoms with Gasteiger partial charge < -0.3 is 5.73 Å². The third-order valence-corrected chi connectivity index (χ3v) is 2.97. The second kappa shape index (κ2) is 5.50. The highest BCUT2D eigenvalue weighted by Gasteiger charge is 2.14. The smallest absolute Gasteiger partial charge is 0.231 e. The lowest BCUT2D eigenvalue weighted by Gasteiger charge is -2.09. The van der Waals surface area contributed by atoms with Gasteiger partial charge in [-0.1, -0.05) is 24.3 Å². The number of hydrogen-bond acceptors (Lipinski definition) is 2. The van der Waals surface area contributed by atoms with Gasteiger partial charge in [-0.05, 0) is 18.6 Å². The first-order valence-corrected chi connectivity index (χ1v) is 5.24. The molecule has 3 heteroatoms. The molecule has 0 radical (unpaired) electrons. The topological polar surface area (TPSA) is 43.1 Å². The zero-order valence-electron chi connectivity index (χ0n) is 7.85. The van der Waals surface area contributed by atoms with E-state index in [2.05, 4.69) is 6.58 Å². The summed E-state index contributed by atoms with van der Waals surface area (Å²) in [7, 11) is 0. The molecule has 1 atom stereocenters. The molecule has 1 aromatic carbocycles. The molecule has 1 rings (SSSR count). The quantitative estimate of drug-likeness (QED) is 0.594. The van der Waals surface area contributed by atoms with E-state index in [-0.39, 0.29) is 11.2 Å². The fraction of sp³-hybridized carbons (Fsp3) is 0.182. The SMILES string of the molecule is C=CCC(Sc1ccccc1)C(N)=O. The van der Waals surface area contributed by atoms with Crippen LogP contribution in [0.25, 0.3) is 0 Å². The Morgan fingerprint density at radius 2 is 2.14 bits per heavy atom. The van der Waals surface area contributed by atoms with E-state index in [0.717, 1.165) is 4.90 Å². The maximum Gasteiger partial charge on any atom is 0.231 e. The van der Waals surface area contributed by atoms with Gasteiger partial charge in [-0.15, -0.1) is 18.3 Å². The van der Waals surface area contributed by atoms with E-state index >= 15 is 0 Å². The summed E-state index contributed by atoms with van der Waals surface area (Å²) in [6, 6.07) is 9.74. The summed E-state index contributed by atoms with van der Waals surface area (Å²) < 4.78 is 0. The number of carbonyl (C=O) groups is 1. The average Bonchev–Trinajstić information content (AvgIpc) is 2.18. The third-order valence-electron chi connectivity index (χ3n) is 1.72. The highest BCUT2D eigenvalue weighted by molar-refractivity contribution is 8.00. The Kier molecular flexibility index (Phi) is 4.26. The van der Waals surface area contributed by atoms with Crippen molar-refractivity contribution in [3.8, 4) is 0 Å². The minimum Gasteiger partial charge on any atom is -0.369 e. The molecular weight excluding hydrogens is 194 g/mol. The van der Waals surface area contributed by atoms with Crippen molar-refractivity contribution in [2.75, 3.05) is 0 Å². The van der Waals surface area contributed by atoms with Crippen molar-refractivity contribution in [1.29, 1.82) is 0 Å². The summed E-state index contributed by atoms with van der Waals surface area (Å²) in [5.41, 5.74) is 5.26. The summed E-state index contributed by atoms with van der Waals surface area (Å²) in [5, 5.41) is -0.213. The minimum absolute atomic E-state index is 0.213. The van der Waals surface area contributed by atoms with Crippen LogP contribution in [0.15, 0.2) is 47.9 Å². The van der Waals surface area contributed by atoms with Gasteiger partial charge in [0, 0.05) is 4.90 Å². The Morgan fingerprint density at radius 1 is 1.50 bits per heavy atom. The minimum atomic E-state index is -0.293. The Hall–Kier alpha value is -1.22. The van der Waals surface area contributed by atoms with Crippen molar-refractivity contribution in [3.63, 3.8) is 0 Å². The standard InChI is InChI=1S/C11H13NOS/c1-2-6-10(11(12)13)14-9-7-4-3-5-8-9/h2-5,7-8,10H,1,6H2,(H2,12,13). The average molecular weight is 207 g/mol. The van der Waals surface area contributed by atoms with E-state index in [9.17, 15) is 4.79 Å². The fourth-order valence-corrected chi connectivity index (χ4v) is 2.03. The molecule has 0 fully saturated rings. The van der Waals surface area contributed by atoms with Gasteiger partial charge in [0.25, 0.3) is 0 Å². The molecule has 2 nitrogen and oxygen atoms in total. The van der Waals surface area contributed by atoms with Crippen LogP contribution < -0.4 is 5.73 Å². The van der Waals surface area contributed by atoms with Crippen molar-refractivity contribution >= 4 is 17.7 Å². The summed E-state index contributed by atoms with van der Waals surface area (Å²) in [5.74, 6) is -0.293. The van der Waals surface area contributed by atoms with Gasteiger partial charge >= 0.3 is 0 Å². The highest BCUT2D eigenvalue weighted by atomic mass is 32.2. The van der Waals surface area contributed by atoms with Gasteiger partial charge in [0.15, 0.2) is 0 Å². The van der Waals surface area contributed by atoms with E-state index in [1.54, 1.807) is 6.08 Å². The lowest BCUT2D eigenvalue weighted by molar-refractivity contribution is -0.117. The van der Waals surface area contributed by atoms with E-state index in [0.29, 0.717) is 6.42 Å². The molecule has 1 unspecified atom stereocenters. The normalized spacial score (nSPS) is 12.0. The van der Waals surface area contributed by atoms with E-state index in [4.69, 9.17) is 5.73 Å². The van der Waals surface area contributed by atoms with Crippen LogP contribution in [0.1, 0.15) is 6.42 Å². The first-order chi connectivity index (χ1) is 6.74. The largest absolute Gasteiger partial charge is 0.369 e. The van der Waals surface area contributed by atoms with Crippen molar-refractivity contribution in [2.24, 2.45) is 5.73 Å². The number of thioether (sulfide) groups is 1. The predicted octanol–water partition coefficient (Wildman–Crippen LogP) is 2.21. The van der Waals surface area contributed by atoms with Crippen LogP contribution in [0.2, 0.25) is 0 Å². The lowest BCUT2D eigenvalue weighted by atomic mass is 10.3. The number of benzene rings is 1. The van der Waals surface area contributed by atoms with Crippen LogP contribution in [0, 0.1) is 0 Å². The molecular formula is C11H13NOS. The van der Waals surface area contributed by atoms with Crippen LogP contribution in [0.3, 0.4) is 0 Å². The number of primary amides is 1.